The van der Waals surface area contributed by atoms with Crippen LogP contribution < -0.4 is 10.6 Å². The van der Waals surface area contributed by atoms with Gasteiger partial charge in [0.05, 0.1) is 6.57 Å². The molecule has 1 rings (SSSR count). The highest BCUT2D eigenvalue weighted by Crippen LogP contribution is 2.12. The zero-order valence-electron chi connectivity index (χ0n) is 15.0. The van der Waals surface area contributed by atoms with Crippen molar-refractivity contribution in [3.63, 3.8) is 0 Å². The van der Waals surface area contributed by atoms with Crippen LogP contribution in [0.25, 0.3) is 4.85 Å². The third kappa shape index (κ3) is 8.15. The molecule has 1 unspecified atom stereocenters. The lowest BCUT2D eigenvalue weighted by atomic mass is 10.1. The molecule has 0 aliphatic carbocycles. The summed E-state index contributed by atoms with van der Waals surface area (Å²) in [6, 6.07) is 5.66. The average molecular weight is 361 g/mol. The minimum atomic E-state index is -1.07. The molecule has 8 nitrogen and oxygen atoms in total. The van der Waals surface area contributed by atoms with Gasteiger partial charge in [0.25, 0.3) is 0 Å². The number of carbonyl (C=O) groups excluding carboxylic acids is 2. The van der Waals surface area contributed by atoms with Gasteiger partial charge < -0.3 is 20.5 Å². The van der Waals surface area contributed by atoms with Crippen LogP contribution in [-0.2, 0) is 20.9 Å². The SMILES string of the molecule is [C-]#[N+]c1ccc(CNC(=O)C(CCC(=O)O)NC(=O)OC(C)(C)C)cc1. The van der Waals surface area contributed by atoms with Gasteiger partial charge in [-0.3, -0.25) is 9.59 Å². The number of hydrogen-bond donors (Lipinski definition) is 3. The third-order valence-electron chi connectivity index (χ3n) is 3.19. The lowest BCUT2D eigenvalue weighted by Gasteiger charge is -2.23. The second kappa shape index (κ2) is 9.42. The average Bonchev–Trinajstić information content (AvgIpc) is 2.55. The molecule has 0 bridgehead atoms. The predicted octanol–water partition coefficient (Wildman–Crippen LogP) is 2.61. The van der Waals surface area contributed by atoms with E-state index in [1.807, 2.05) is 0 Å². The second-order valence-electron chi connectivity index (χ2n) is 6.63. The molecule has 0 aromatic heterocycles. The lowest BCUT2D eigenvalue weighted by molar-refractivity contribution is -0.137. The van der Waals surface area contributed by atoms with Gasteiger partial charge in [-0.15, -0.1) is 0 Å². The van der Waals surface area contributed by atoms with E-state index in [0.717, 1.165) is 5.56 Å². The maximum Gasteiger partial charge on any atom is 0.408 e. The Labute approximate surface area is 152 Å². The molecule has 1 aromatic rings. The molecular weight excluding hydrogens is 338 g/mol. The lowest BCUT2D eigenvalue weighted by Crippen LogP contribution is -2.48. The summed E-state index contributed by atoms with van der Waals surface area (Å²) in [4.78, 5) is 38.3. The molecule has 0 heterocycles. The molecule has 8 heteroatoms. The largest absolute Gasteiger partial charge is 0.481 e. The van der Waals surface area contributed by atoms with E-state index in [0.29, 0.717) is 5.69 Å². The summed E-state index contributed by atoms with van der Waals surface area (Å²) in [7, 11) is 0. The first-order valence-corrected chi connectivity index (χ1v) is 8.06. The van der Waals surface area contributed by atoms with Crippen molar-refractivity contribution in [2.45, 2.75) is 51.8 Å². The number of alkyl carbamates (subject to hydrolysis) is 1. The van der Waals surface area contributed by atoms with Crippen molar-refractivity contribution >= 4 is 23.7 Å². The van der Waals surface area contributed by atoms with Crippen LogP contribution in [0, 0.1) is 6.57 Å². The van der Waals surface area contributed by atoms with Crippen LogP contribution in [0.4, 0.5) is 10.5 Å². The minimum absolute atomic E-state index is 0.0585. The van der Waals surface area contributed by atoms with Crippen molar-refractivity contribution in [3.8, 4) is 0 Å². The second-order valence-corrected chi connectivity index (χ2v) is 6.63. The van der Waals surface area contributed by atoms with Gasteiger partial charge in [0.2, 0.25) is 5.91 Å². The molecule has 3 N–H and O–H groups in total. The van der Waals surface area contributed by atoms with E-state index in [4.69, 9.17) is 16.4 Å². The van der Waals surface area contributed by atoms with E-state index in [1.54, 1.807) is 45.0 Å². The van der Waals surface area contributed by atoms with E-state index < -0.39 is 29.6 Å². The number of aliphatic carboxylic acids is 1. The summed E-state index contributed by atoms with van der Waals surface area (Å²) in [5.74, 6) is -1.57. The van der Waals surface area contributed by atoms with Crippen molar-refractivity contribution < 1.29 is 24.2 Å². The maximum absolute atomic E-state index is 12.3. The van der Waals surface area contributed by atoms with E-state index in [-0.39, 0.29) is 19.4 Å². The standard InChI is InChI=1S/C18H23N3O5/c1-18(2,3)26-17(25)21-14(9-10-15(22)23)16(24)20-11-12-5-7-13(19-4)8-6-12/h5-8,14H,9-11H2,1-3H3,(H,20,24)(H,21,25)(H,22,23). The molecule has 0 spiro atoms. The fraction of sp³-hybridized carbons (Fsp3) is 0.444. The molecular formula is C18H23N3O5. The number of carboxylic acids is 1. The van der Waals surface area contributed by atoms with Crippen molar-refractivity contribution in [2.24, 2.45) is 0 Å². The number of nitrogens with one attached hydrogen (secondary N) is 2. The number of ether oxygens (including phenoxy) is 1. The third-order valence-corrected chi connectivity index (χ3v) is 3.19. The summed E-state index contributed by atoms with van der Waals surface area (Å²) in [5.41, 5.74) is 0.536. The fourth-order valence-electron chi connectivity index (χ4n) is 1.99. The minimum Gasteiger partial charge on any atom is -0.481 e. The van der Waals surface area contributed by atoms with Crippen molar-refractivity contribution in [3.05, 3.63) is 41.2 Å². The van der Waals surface area contributed by atoms with E-state index >= 15 is 0 Å². The van der Waals surface area contributed by atoms with Crippen molar-refractivity contribution in [2.75, 3.05) is 0 Å². The Bertz CT molecular complexity index is 686. The molecule has 26 heavy (non-hydrogen) atoms. The summed E-state index contributed by atoms with van der Waals surface area (Å²) in [6.45, 7) is 12.2. The number of carboxylic acid groups (broad SMARTS) is 1. The zero-order valence-corrected chi connectivity index (χ0v) is 15.0. The van der Waals surface area contributed by atoms with Crippen LogP contribution in [0.15, 0.2) is 24.3 Å². The molecule has 0 saturated carbocycles. The Balaban J connectivity index is 2.68. The smallest absolute Gasteiger partial charge is 0.408 e. The van der Waals surface area contributed by atoms with Gasteiger partial charge in [-0.2, -0.15) is 0 Å². The molecule has 0 saturated heterocycles. The van der Waals surface area contributed by atoms with Gasteiger partial charge in [-0.25, -0.2) is 9.64 Å². The first kappa shape index (κ1) is 21.0. The molecule has 0 aliphatic heterocycles. The Kier molecular flexibility index (Phi) is 7.59. The highest BCUT2D eigenvalue weighted by atomic mass is 16.6. The topological polar surface area (TPSA) is 109 Å². The van der Waals surface area contributed by atoms with Crippen LogP contribution in [0.5, 0.6) is 0 Å². The van der Waals surface area contributed by atoms with Crippen LogP contribution in [0.2, 0.25) is 0 Å². The quantitative estimate of drug-likeness (QED) is 0.647. The summed E-state index contributed by atoms with van der Waals surface area (Å²) < 4.78 is 5.11. The number of hydrogen-bond acceptors (Lipinski definition) is 4. The predicted molar refractivity (Wildman–Crippen MR) is 94.6 cm³/mol. The fourth-order valence-corrected chi connectivity index (χ4v) is 1.99. The first-order chi connectivity index (χ1) is 12.1. The molecule has 140 valence electrons. The van der Waals surface area contributed by atoms with Gasteiger partial charge >= 0.3 is 12.1 Å². The Morgan fingerprint density at radius 2 is 1.85 bits per heavy atom. The summed E-state index contributed by atoms with van der Waals surface area (Å²) in [5, 5.41) is 13.9. The molecule has 1 aromatic carbocycles. The van der Waals surface area contributed by atoms with Gasteiger partial charge in [-0.05, 0) is 32.8 Å². The van der Waals surface area contributed by atoms with Gasteiger partial charge in [-0.1, -0.05) is 24.3 Å². The summed E-state index contributed by atoms with van der Waals surface area (Å²) in [6.07, 6.45) is -1.12. The van der Waals surface area contributed by atoms with Crippen molar-refractivity contribution in [1.29, 1.82) is 0 Å². The molecule has 0 aliphatic rings. The normalized spacial score (nSPS) is 11.8. The monoisotopic (exact) mass is 361 g/mol. The van der Waals surface area contributed by atoms with Gasteiger partial charge in [0.15, 0.2) is 5.69 Å². The molecule has 0 fully saturated rings. The van der Waals surface area contributed by atoms with Crippen LogP contribution >= 0.6 is 0 Å². The van der Waals surface area contributed by atoms with Gasteiger partial charge in [0, 0.05) is 13.0 Å². The number of rotatable bonds is 7. The number of benzene rings is 1. The van der Waals surface area contributed by atoms with E-state index in [2.05, 4.69) is 15.5 Å². The molecule has 0 radical (unpaired) electrons. The summed E-state index contributed by atoms with van der Waals surface area (Å²) >= 11 is 0. The van der Waals surface area contributed by atoms with Crippen molar-refractivity contribution in [1.82, 2.24) is 10.6 Å². The van der Waals surface area contributed by atoms with Crippen LogP contribution in [-0.4, -0.2) is 34.7 Å². The number of amides is 2. The highest BCUT2D eigenvalue weighted by Gasteiger charge is 2.24. The zero-order chi connectivity index (χ0) is 19.7. The Hall–Kier alpha value is -3.08. The molecule has 2 amide bonds. The van der Waals surface area contributed by atoms with Gasteiger partial charge in [0.1, 0.15) is 11.6 Å². The highest BCUT2D eigenvalue weighted by molar-refractivity contribution is 5.86. The number of carbonyl (C=O) groups is 3. The van der Waals surface area contributed by atoms with Crippen LogP contribution in [0.3, 0.4) is 0 Å². The first-order valence-electron chi connectivity index (χ1n) is 8.06. The Morgan fingerprint density at radius 3 is 2.35 bits per heavy atom. The van der Waals surface area contributed by atoms with Crippen LogP contribution in [0.1, 0.15) is 39.2 Å². The van der Waals surface area contributed by atoms with E-state index in [1.165, 1.54) is 0 Å². The van der Waals surface area contributed by atoms with E-state index in [9.17, 15) is 14.4 Å². The Morgan fingerprint density at radius 1 is 1.23 bits per heavy atom. The maximum atomic E-state index is 12.3. The number of nitrogens with zero attached hydrogens (tertiary/aromatic N) is 1. The molecule has 1 atom stereocenters.